The summed E-state index contributed by atoms with van der Waals surface area (Å²) < 4.78 is 0. The van der Waals surface area contributed by atoms with Crippen LogP contribution in [0.5, 0.6) is 0 Å². The van der Waals surface area contributed by atoms with Gasteiger partial charge in [-0.3, -0.25) is 19.2 Å². The standard InChI is InChI=1S/C25H34N6O7/c1-14(2)8-20(25(37)38)31-24(36)19(11-21(32)33)30-23(35)18(9-15-6-4-3-5-7-15)29-22(34)17(26)10-16-12-27-13-28-16/h3-7,12-14,17-20H,8-11,26H2,1-2H3,(H,27,28)(H,29,34)(H,30,35)(H,31,36)(H,32,33)(H,37,38). The Labute approximate surface area is 219 Å². The number of aromatic nitrogens is 2. The number of nitrogens with two attached hydrogens (primary N) is 1. The number of aromatic amines is 1. The smallest absolute Gasteiger partial charge is 0.326 e. The number of imidazole rings is 1. The van der Waals surface area contributed by atoms with Crippen molar-refractivity contribution in [2.45, 2.75) is 63.7 Å². The van der Waals surface area contributed by atoms with E-state index in [4.69, 9.17) is 5.73 Å². The number of carbonyl (C=O) groups excluding carboxylic acids is 3. The second-order valence-electron chi connectivity index (χ2n) is 9.33. The lowest BCUT2D eigenvalue weighted by atomic mass is 10.0. The zero-order valence-electron chi connectivity index (χ0n) is 21.2. The molecule has 0 aliphatic heterocycles. The molecule has 0 bridgehead atoms. The van der Waals surface area contributed by atoms with Crippen molar-refractivity contribution in [1.29, 1.82) is 0 Å². The first-order valence-electron chi connectivity index (χ1n) is 12.1. The van der Waals surface area contributed by atoms with Gasteiger partial charge in [0.2, 0.25) is 17.7 Å². The third kappa shape index (κ3) is 10.0. The van der Waals surface area contributed by atoms with Gasteiger partial charge in [0.05, 0.1) is 18.8 Å². The minimum atomic E-state index is -1.58. The van der Waals surface area contributed by atoms with E-state index in [0.29, 0.717) is 11.3 Å². The molecule has 0 aliphatic carbocycles. The molecule has 1 aromatic carbocycles. The fourth-order valence-corrected chi connectivity index (χ4v) is 3.69. The van der Waals surface area contributed by atoms with E-state index in [1.807, 2.05) is 0 Å². The monoisotopic (exact) mass is 530 g/mol. The maximum atomic E-state index is 13.2. The second-order valence-corrected chi connectivity index (χ2v) is 9.33. The van der Waals surface area contributed by atoms with E-state index < -0.39 is 60.2 Å². The molecule has 2 aromatic rings. The Morgan fingerprint density at radius 3 is 2.05 bits per heavy atom. The molecule has 1 heterocycles. The van der Waals surface area contributed by atoms with Gasteiger partial charge in [-0.25, -0.2) is 9.78 Å². The maximum absolute atomic E-state index is 13.2. The third-order valence-electron chi connectivity index (χ3n) is 5.58. The summed E-state index contributed by atoms with van der Waals surface area (Å²) in [6.45, 7) is 3.54. The number of carboxylic acids is 2. The van der Waals surface area contributed by atoms with Crippen LogP contribution in [0.3, 0.4) is 0 Å². The van der Waals surface area contributed by atoms with Crippen LogP contribution >= 0.6 is 0 Å². The van der Waals surface area contributed by atoms with E-state index >= 15 is 0 Å². The Kier molecular flexibility index (Phi) is 11.4. The minimum Gasteiger partial charge on any atom is -0.481 e. The van der Waals surface area contributed by atoms with E-state index in [0.717, 1.165) is 0 Å². The van der Waals surface area contributed by atoms with Gasteiger partial charge in [0, 0.05) is 24.7 Å². The number of nitrogens with one attached hydrogen (secondary N) is 4. The van der Waals surface area contributed by atoms with Crippen LogP contribution in [-0.4, -0.2) is 74.0 Å². The summed E-state index contributed by atoms with van der Waals surface area (Å²) >= 11 is 0. The van der Waals surface area contributed by atoms with E-state index in [-0.39, 0.29) is 25.2 Å². The molecule has 13 nitrogen and oxygen atoms in total. The van der Waals surface area contributed by atoms with E-state index in [1.165, 1.54) is 12.5 Å². The van der Waals surface area contributed by atoms with Gasteiger partial charge in [-0.1, -0.05) is 44.2 Å². The van der Waals surface area contributed by atoms with Crippen molar-refractivity contribution in [3.8, 4) is 0 Å². The first-order valence-corrected chi connectivity index (χ1v) is 12.1. The van der Waals surface area contributed by atoms with Crippen molar-refractivity contribution in [1.82, 2.24) is 25.9 Å². The van der Waals surface area contributed by atoms with Crippen LogP contribution in [0, 0.1) is 5.92 Å². The molecule has 0 radical (unpaired) electrons. The molecule has 4 atom stereocenters. The van der Waals surface area contributed by atoms with Crippen molar-refractivity contribution in [3.05, 3.63) is 54.1 Å². The summed E-state index contributed by atoms with van der Waals surface area (Å²) in [6, 6.07) is 3.68. The molecular weight excluding hydrogens is 496 g/mol. The number of aliphatic carboxylic acids is 2. The Morgan fingerprint density at radius 2 is 1.50 bits per heavy atom. The summed E-state index contributed by atoms with van der Waals surface area (Å²) in [6.07, 6.45) is 2.42. The zero-order valence-corrected chi connectivity index (χ0v) is 21.2. The highest BCUT2D eigenvalue weighted by atomic mass is 16.4. The van der Waals surface area contributed by atoms with E-state index in [9.17, 15) is 34.2 Å². The molecule has 4 unspecified atom stereocenters. The number of hydrogen-bond acceptors (Lipinski definition) is 7. The van der Waals surface area contributed by atoms with Crippen LogP contribution in [0.25, 0.3) is 0 Å². The summed E-state index contributed by atoms with van der Waals surface area (Å²) in [5, 5.41) is 26.0. The molecule has 8 N–H and O–H groups in total. The topological polar surface area (TPSA) is 217 Å². The number of hydrogen-bond donors (Lipinski definition) is 7. The van der Waals surface area contributed by atoms with Crippen molar-refractivity contribution in [3.63, 3.8) is 0 Å². The van der Waals surface area contributed by atoms with Gasteiger partial charge in [-0.2, -0.15) is 0 Å². The second kappa shape index (κ2) is 14.5. The Hall–Kier alpha value is -4.26. The fourth-order valence-electron chi connectivity index (χ4n) is 3.69. The van der Waals surface area contributed by atoms with Crippen molar-refractivity contribution in [2.24, 2.45) is 11.7 Å². The number of H-pyrrole nitrogens is 1. The molecule has 0 aliphatic rings. The number of nitrogens with zero attached hydrogens (tertiary/aromatic N) is 1. The maximum Gasteiger partial charge on any atom is 0.326 e. The quantitative estimate of drug-likeness (QED) is 0.159. The molecule has 206 valence electrons. The fraction of sp³-hybridized carbons (Fsp3) is 0.440. The molecule has 1 aromatic heterocycles. The Morgan fingerprint density at radius 1 is 0.895 bits per heavy atom. The number of carboxylic acid groups (broad SMARTS) is 2. The number of benzene rings is 1. The average Bonchev–Trinajstić information content (AvgIpc) is 3.35. The lowest BCUT2D eigenvalue weighted by molar-refractivity contribution is -0.144. The summed E-state index contributed by atoms with van der Waals surface area (Å²) in [7, 11) is 0. The van der Waals surface area contributed by atoms with Crippen molar-refractivity contribution in [2.75, 3.05) is 0 Å². The summed E-state index contributed by atoms with van der Waals surface area (Å²) in [5.74, 6) is -5.17. The molecule has 0 spiro atoms. The number of rotatable bonds is 15. The van der Waals surface area contributed by atoms with Gasteiger partial charge in [-0.05, 0) is 17.9 Å². The van der Waals surface area contributed by atoms with Gasteiger partial charge < -0.3 is 36.9 Å². The molecule has 0 fully saturated rings. The molecule has 38 heavy (non-hydrogen) atoms. The lowest BCUT2D eigenvalue weighted by Gasteiger charge is -2.25. The normalized spacial score (nSPS) is 14.1. The average molecular weight is 531 g/mol. The first-order chi connectivity index (χ1) is 18.0. The minimum absolute atomic E-state index is 0.0295. The third-order valence-corrected chi connectivity index (χ3v) is 5.58. The van der Waals surface area contributed by atoms with Gasteiger partial charge in [0.25, 0.3) is 0 Å². The van der Waals surface area contributed by atoms with E-state index in [1.54, 1.807) is 44.2 Å². The van der Waals surface area contributed by atoms with Crippen LogP contribution < -0.4 is 21.7 Å². The Balaban J connectivity index is 2.20. The highest BCUT2D eigenvalue weighted by Crippen LogP contribution is 2.08. The first kappa shape index (κ1) is 30.0. The zero-order chi connectivity index (χ0) is 28.2. The predicted molar refractivity (Wildman–Crippen MR) is 136 cm³/mol. The van der Waals surface area contributed by atoms with Crippen LogP contribution in [0.1, 0.15) is 37.9 Å². The van der Waals surface area contributed by atoms with Gasteiger partial charge in [0.15, 0.2) is 0 Å². The molecule has 0 saturated carbocycles. The molecule has 0 saturated heterocycles. The molecule has 2 rings (SSSR count). The van der Waals surface area contributed by atoms with Gasteiger partial charge >= 0.3 is 11.9 Å². The van der Waals surface area contributed by atoms with Gasteiger partial charge in [0.1, 0.15) is 18.1 Å². The Bertz CT molecular complexity index is 1090. The largest absolute Gasteiger partial charge is 0.481 e. The SMILES string of the molecule is CC(C)CC(NC(=O)C(CC(=O)O)NC(=O)C(Cc1ccccc1)NC(=O)C(N)Cc1cnc[nH]1)C(=O)O. The van der Waals surface area contributed by atoms with Crippen LogP contribution in [0.15, 0.2) is 42.9 Å². The van der Waals surface area contributed by atoms with Gasteiger partial charge in [-0.15, -0.1) is 0 Å². The number of amides is 3. The summed E-state index contributed by atoms with van der Waals surface area (Å²) in [4.78, 5) is 68.6. The van der Waals surface area contributed by atoms with Crippen LogP contribution in [0.2, 0.25) is 0 Å². The number of carbonyl (C=O) groups is 5. The lowest BCUT2D eigenvalue weighted by Crippen LogP contribution is -2.58. The molecular formula is C25H34N6O7. The highest BCUT2D eigenvalue weighted by Gasteiger charge is 2.32. The summed E-state index contributed by atoms with van der Waals surface area (Å²) in [5.41, 5.74) is 7.31. The highest BCUT2D eigenvalue weighted by molar-refractivity contribution is 5.95. The van der Waals surface area contributed by atoms with Crippen molar-refractivity contribution < 1.29 is 34.2 Å². The van der Waals surface area contributed by atoms with Crippen LogP contribution in [0.4, 0.5) is 0 Å². The van der Waals surface area contributed by atoms with Crippen molar-refractivity contribution >= 4 is 29.7 Å². The predicted octanol–water partition coefficient (Wildman–Crippen LogP) is -0.418. The molecule has 3 amide bonds. The van der Waals surface area contributed by atoms with E-state index in [2.05, 4.69) is 25.9 Å². The molecule has 13 heteroatoms. The van der Waals surface area contributed by atoms with Crippen LogP contribution in [-0.2, 0) is 36.8 Å².